The Morgan fingerprint density at radius 2 is 1.83 bits per heavy atom. The summed E-state index contributed by atoms with van der Waals surface area (Å²) in [5.74, 6) is -0.00356. The zero-order valence-corrected chi connectivity index (χ0v) is 18.2. The number of rotatable bonds is 5. The summed E-state index contributed by atoms with van der Waals surface area (Å²) in [6.45, 7) is 9.21. The zero-order chi connectivity index (χ0) is 20.4. The van der Waals surface area contributed by atoms with Crippen LogP contribution in [0, 0.1) is 6.92 Å². The number of amides is 1. The van der Waals surface area contributed by atoms with Crippen LogP contribution in [0.25, 0.3) is 11.0 Å². The van der Waals surface area contributed by atoms with E-state index in [0.29, 0.717) is 5.56 Å². The van der Waals surface area contributed by atoms with Gasteiger partial charge >= 0.3 is 0 Å². The quantitative estimate of drug-likeness (QED) is 0.820. The number of nitrogens with zero attached hydrogens (tertiary/aromatic N) is 4. The molecule has 4 rings (SSSR count). The van der Waals surface area contributed by atoms with Gasteiger partial charge in [0.15, 0.2) is 5.65 Å². The molecule has 2 fully saturated rings. The summed E-state index contributed by atoms with van der Waals surface area (Å²) in [6, 6.07) is 2.20. The van der Waals surface area contributed by atoms with E-state index in [0.717, 1.165) is 23.3 Å². The molecule has 158 valence electrons. The van der Waals surface area contributed by atoms with E-state index in [9.17, 15) is 4.79 Å². The van der Waals surface area contributed by atoms with Crippen LogP contribution >= 0.6 is 0 Å². The number of piperidine rings is 1. The van der Waals surface area contributed by atoms with E-state index < -0.39 is 0 Å². The first kappa shape index (κ1) is 20.3. The third-order valence-corrected chi connectivity index (χ3v) is 6.88. The van der Waals surface area contributed by atoms with Crippen molar-refractivity contribution in [2.75, 3.05) is 19.6 Å². The van der Waals surface area contributed by atoms with Gasteiger partial charge in [-0.2, -0.15) is 5.10 Å². The summed E-state index contributed by atoms with van der Waals surface area (Å²) >= 11 is 0. The number of aromatic nitrogens is 3. The van der Waals surface area contributed by atoms with Gasteiger partial charge in [0, 0.05) is 23.5 Å². The third-order valence-electron chi connectivity index (χ3n) is 6.88. The number of nitrogens with one attached hydrogen (secondary N) is 1. The number of hydrogen-bond donors (Lipinski definition) is 1. The zero-order valence-electron chi connectivity index (χ0n) is 18.2. The van der Waals surface area contributed by atoms with Crippen molar-refractivity contribution in [3.05, 3.63) is 23.5 Å². The number of carbonyl (C=O) groups is 1. The van der Waals surface area contributed by atoms with E-state index in [1.54, 1.807) is 0 Å². The van der Waals surface area contributed by atoms with Gasteiger partial charge in [-0.1, -0.05) is 25.7 Å². The number of pyridine rings is 1. The van der Waals surface area contributed by atoms with Gasteiger partial charge in [0.05, 0.1) is 17.5 Å². The largest absolute Gasteiger partial charge is 0.350 e. The van der Waals surface area contributed by atoms with Gasteiger partial charge in [-0.25, -0.2) is 9.67 Å². The Labute approximate surface area is 174 Å². The van der Waals surface area contributed by atoms with Crippen LogP contribution in [0.1, 0.15) is 87.3 Å². The lowest BCUT2D eigenvalue weighted by atomic mass is 9.79. The summed E-state index contributed by atoms with van der Waals surface area (Å²) in [5, 5.41) is 8.67. The second-order valence-electron chi connectivity index (χ2n) is 9.23. The second kappa shape index (κ2) is 8.42. The highest BCUT2D eigenvalue weighted by Crippen LogP contribution is 2.35. The lowest BCUT2D eigenvalue weighted by molar-refractivity contribution is 0.0326. The van der Waals surface area contributed by atoms with Gasteiger partial charge in [-0.05, 0) is 65.6 Å². The first-order valence-electron chi connectivity index (χ1n) is 11.4. The molecule has 1 N–H and O–H groups in total. The Kier molecular flexibility index (Phi) is 5.91. The lowest BCUT2D eigenvalue weighted by Crippen LogP contribution is -2.58. The average Bonchev–Trinajstić information content (AvgIpc) is 3.16. The fraction of sp³-hybridized carbons (Fsp3) is 0.696. The molecule has 2 aromatic rings. The summed E-state index contributed by atoms with van der Waals surface area (Å²) < 4.78 is 1.91. The monoisotopic (exact) mass is 397 g/mol. The van der Waals surface area contributed by atoms with Gasteiger partial charge in [-0.15, -0.1) is 0 Å². The van der Waals surface area contributed by atoms with Crippen LogP contribution in [0.4, 0.5) is 0 Å². The summed E-state index contributed by atoms with van der Waals surface area (Å²) in [5.41, 5.74) is 2.44. The van der Waals surface area contributed by atoms with Crippen molar-refractivity contribution < 1.29 is 4.79 Å². The van der Waals surface area contributed by atoms with E-state index in [-0.39, 0.29) is 17.5 Å². The molecule has 6 heteroatoms. The van der Waals surface area contributed by atoms with Crippen LogP contribution < -0.4 is 5.32 Å². The second-order valence-corrected chi connectivity index (χ2v) is 9.23. The molecule has 0 unspecified atom stereocenters. The molecule has 0 bridgehead atoms. The molecule has 29 heavy (non-hydrogen) atoms. The Balaban J connectivity index is 1.52. The van der Waals surface area contributed by atoms with Crippen LogP contribution in [-0.2, 0) is 0 Å². The molecular formula is C23H35N5O. The van der Waals surface area contributed by atoms with Crippen molar-refractivity contribution in [3.63, 3.8) is 0 Å². The first-order chi connectivity index (χ1) is 14.0. The molecular weight excluding hydrogens is 362 g/mol. The highest BCUT2D eigenvalue weighted by molar-refractivity contribution is 5.98. The molecule has 1 aliphatic heterocycles. The van der Waals surface area contributed by atoms with E-state index in [2.05, 4.69) is 29.2 Å². The Bertz CT molecular complexity index is 860. The fourth-order valence-electron chi connectivity index (χ4n) is 5.20. The molecule has 0 radical (unpaired) electrons. The Morgan fingerprint density at radius 3 is 2.52 bits per heavy atom. The highest BCUT2D eigenvalue weighted by Gasteiger charge is 2.38. The maximum atomic E-state index is 13.1. The maximum absolute atomic E-state index is 13.1. The number of hydrogen-bond acceptors (Lipinski definition) is 4. The van der Waals surface area contributed by atoms with Crippen LogP contribution in [0.15, 0.2) is 12.3 Å². The van der Waals surface area contributed by atoms with Crippen LogP contribution in [0.2, 0.25) is 0 Å². The predicted molar refractivity (Wildman–Crippen MR) is 116 cm³/mol. The summed E-state index contributed by atoms with van der Waals surface area (Å²) in [6.07, 6.45) is 12.0. The third kappa shape index (κ3) is 4.04. The maximum Gasteiger partial charge on any atom is 0.253 e. The number of carbonyl (C=O) groups excluding carboxylic acids is 1. The Morgan fingerprint density at radius 1 is 1.14 bits per heavy atom. The number of fused-ring (bicyclic) bond motifs is 1. The number of aryl methyl sites for hydroxylation is 1. The molecule has 0 spiro atoms. The van der Waals surface area contributed by atoms with Crippen molar-refractivity contribution in [2.45, 2.75) is 83.7 Å². The predicted octanol–water partition coefficient (Wildman–Crippen LogP) is 4.24. The van der Waals surface area contributed by atoms with E-state index in [1.165, 1.54) is 64.5 Å². The summed E-state index contributed by atoms with van der Waals surface area (Å²) in [7, 11) is 0. The molecule has 3 heterocycles. The molecule has 1 aliphatic carbocycles. The van der Waals surface area contributed by atoms with E-state index >= 15 is 0 Å². The molecule has 1 amide bonds. The SMILES string of the molecule is Cc1nc2c(cnn2C(C)C)cc1C(=O)NCC1(N2CCCCC2)CCCCC1. The topological polar surface area (TPSA) is 63.1 Å². The average molecular weight is 398 g/mol. The van der Waals surface area contributed by atoms with Gasteiger partial charge in [0.25, 0.3) is 5.91 Å². The molecule has 6 nitrogen and oxygen atoms in total. The van der Waals surface area contributed by atoms with Crippen molar-refractivity contribution in [1.82, 2.24) is 25.0 Å². The minimum absolute atomic E-state index is 0.00356. The van der Waals surface area contributed by atoms with Crippen molar-refractivity contribution in [1.29, 1.82) is 0 Å². The molecule has 1 saturated carbocycles. The Hall–Kier alpha value is -1.95. The molecule has 2 aromatic heterocycles. The van der Waals surface area contributed by atoms with Crippen molar-refractivity contribution in [2.24, 2.45) is 0 Å². The van der Waals surface area contributed by atoms with E-state index in [4.69, 9.17) is 4.98 Å². The molecule has 2 aliphatic rings. The van der Waals surface area contributed by atoms with Crippen molar-refractivity contribution in [3.8, 4) is 0 Å². The van der Waals surface area contributed by atoms with Crippen LogP contribution in [-0.4, -0.2) is 50.7 Å². The van der Waals surface area contributed by atoms with Gasteiger partial charge in [-0.3, -0.25) is 9.69 Å². The van der Waals surface area contributed by atoms with Crippen molar-refractivity contribution >= 4 is 16.9 Å². The fourth-order valence-corrected chi connectivity index (χ4v) is 5.20. The minimum atomic E-state index is -0.00356. The normalized spacial score (nSPS) is 20.3. The minimum Gasteiger partial charge on any atom is -0.350 e. The van der Waals surface area contributed by atoms with Crippen LogP contribution in [0.5, 0.6) is 0 Å². The van der Waals surface area contributed by atoms with E-state index in [1.807, 2.05) is 23.9 Å². The molecule has 1 saturated heterocycles. The lowest BCUT2D eigenvalue weighted by Gasteiger charge is -2.48. The molecule has 0 aromatic carbocycles. The standard InChI is InChI=1S/C23H35N5O/c1-17(2)28-21-19(15-25-28)14-20(18(3)26-21)22(29)24-16-23(10-6-4-7-11-23)27-12-8-5-9-13-27/h14-15,17H,4-13,16H2,1-3H3,(H,24,29). The smallest absolute Gasteiger partial charge is 0.253 e. The first-order valence-corrected chi connectivity index (χ1v) is 11.4. The van der Waals surface area contributed by atoms with Gasteiger partial charge < -0.3 is 5.32 Å². The number of likely N-dealkylation sites (tertiary alicyclic amines) is 1. The van der Waals surface area contributed by atoms with Crippen LogP contribution in [0.3, 0.4) is 0 Å². The highest BCUT2D eigenvalue weighted by atomic mass is 16.1. The van der Waals surface area contributed by atoms with Gasteiger partial charge in [0.1, 0.15) is 0 Å². The van der Waals surface area contributed by atoms with Gasteiger partial charge in [0.2, 0.25) is 0 Å². The molecule has 0 atom stereocenters. The summed E-state index contributed by atoms with van der Waals surface area (Å²) in [4.78, 5) is 20.5.